The number of carboxylic acids is 1. The monoisotopic (exact) mass is 244 g/mol. The zero-order valence-corrected chi connectivity index (χ0v) is 10.9. The fourth-order valence-corrected chi connectivity index (χ4v) is 2.17. The molecule has 5 heteroatoms. The maximum absolute atomic E-state index is 11.3. The van der Waals surface area contributed by atoms with Crippen molar-refractivity contribution in [1.29, 1.82) is 0 Å². The number of rotatable bonds is 7. The van der Waals surface area contributed by atoms with Crippen molar-refractivity contribution in [1.82, 2.24) is 10.2 Å². The van der Waals surface area contributed by atoms with Crippen LogP contribution >= 0.6 is 0 Å². The Balaban J connectivity index is 2.42. The van der Waals surface area contributed by atoms with Gasteiger partial charge in [0.1, 0.15) is 5.54 Å². The van der Waals surface area contributed by atoms with Crippen LogP contribution in [0.3, 0.4) is 0 Å². The first-order chi connectivity index (χ1) is 8.14. The van der Waals surface area contributed by atoms with Gasteiger partial charge in [-0.2, -0.15) is 0 Å². The van der Waals surface area contributed by atoms with Crippen molar-refractivity contribution < 1.29 is 14.6 Å². The van der Waals surface area contributed by atoms with Gasteiger partial charge in [-0.1, -0.05) is 13.8 Å². The molecule has 1 heterocycles. The van der Waals surface area contributed by atoms with Crippen LogP contribution in [-0.2, 0) is 9.53 Å². The molecule has 1 saturated heterocycles. The fraction of sp³-hybridized carbons (Fsp3) is 0.917. The SMILES string of the molecule is CCN(CC)CCNC1(C(=O)O)CCCOC1. The topological polar surface area (TPSA) is 61.8 Å². The molecule has 0 aromatic carbocycles. The van der Waals surface area contributed by atoms with Crippen molar-refractivity contribution in [2.24, 2.45) is 0 Å². The molecule has 1 aliphatic heterocycles. The summed E-state index contributed by atoms with van der Waals surface area (Å²) in [6.07, 6.45) is 1.46. The normalized spacial score (nSPS) is 25.1. The van der Waals surface area contributed by atoms with E-state index in [1.54, 1.807) is 0 Å². The van der Waals surface area contributed by atoms with Crippen molar-refractivity contribution >= 4 is 5.97 Å². The average molecular weight is 244 g/mol. The lowest BCUT2D eigenvalue weighted by Gasteiger charge is -2.34. The zero-order chi connectivity index (χ0) is 12.7. The van der Waals surface area contributed by atoms with Gasteiger partial charge in [0.25, 0.3) is 0 Å². The molecule has 0 aromatic heterocycles. The number of aliphatic carboxylic acids is 1. The van der Waals surface area contributed by atoms with Crippen LogP contribution in [0, 0.1) is 0 Å². The Hall–Kier alpha value is -0.650. The minimum atomic E-state index is -0.870. The molecular weight excluding hydrogens is 220 g/mol. The largest absolute Gasteiger partial charge is 0.480 e. The van der Waals surface area contributed by atoms with Crippen molar-refractivity contribution in [2.75, 3.05) is 39.4 Å². The average Bonchev–Trinajstić information content (AvgIpc) is 2.35. The van der Waals surface area contributed by atoms with Crippen LogP contribution in [0.2, 0.25) is 0 Å². The van der Waals surface area contributed by atoms with E-state index in [0.717, 1.165) is 26.1 Å². The Morgan fingerprint density at radius 1 is 1.47 bits per heavy atom. The Bertz CT molecular complexity index is 236. The molecule has 100 valence electrons. The van der Waals surface area contributed by atoms with Gasteiger partial charge < -0.3 is 14.7 Å². The van der Waals surface area contributed by atoms with Crippen LogP contribution in [-0.4, -0.2) is 60.9 Å². The summed E-state index contributed by atoms with van der Waals surface area (Å²) in [5, 5.41) is 12.5. The lowest BCUT2D eigenvalue weighted by molar-refractivity contribution is -0.150. The van der Waals surface area contributed by atoms with Crippen molar-refractivity contribution in [3.8, 4) is 0 Å². The van der Waals surface area contributed by atoms with Crippen LogP contribution in [0.15, 0.2) is 0 Å². The summed E-state index contributed by atoms with van der Waals surface area (Å²) in [5.74, 6) is -0.795. The third-order valence-corrected chi connectivity index (χ3v) is 3.44. The molecule has 0 amide bonds. The summed E-state index contributed by atoms with van der Waals surface area (Å²) in [4.78, 5) is 13.6. The standard InChI is InChI=1S/C12H24N2O3/c1-3-14(4-2)8-7-13-12(11(15)16)6-5-9-17-10-12/h13H,3-10H2,1-2H3,(H,15,16). The van der Waals surface area contributed by atoms with E-state index in [1.807, 2.05) is 0 Å². The highest BCUT2D eigenvalue weighted by Crippen LogP contribution is 2.19. The molecular formula is C12H24N2O3. The first kappa shape index (κ1) is 14.4. The lowest BCUT2D eigenvalue weighted by Crippen LogP contribution is -2.58. The molecule has 2 N–H and O–H groups in total. The third-order valence-electron chi connectivity index (χ3n) is 3.44. The molecule has 5 nitrogen and oxygen atoms in total. The summed E-state index contributed by atoms with van der Waals surface area (Å²) >= 11 is 0. The summed E-state index contributed by atoms with van der Waals surface area (Å²) in [7, 11) is 0. The highest BCUT2D eigenvalue weighted by Gasteiger charge is 2.39. The van der Waals surface area contributed by atoms with Gasteiger partial charge in [-0.25, -0.2) is 0 Å². The molecule has 0 spiro atoms. The van der Waals surface area contributed by atoms with E-state index >= 15 is 0 Å². The number of carboxylic acid groups (broad SMARTS) is 1. The number of hydrogen-bond acceptors (Lipinski definition) is 4. The van der Waals surface area contributed by atoms with E-state index < -0.39 is 11.5 Å². The summed E-state index contributed by atoms with van der Waals surface area (Å²) in [6.45, 7) is 8.73. The van der Waals surface area contributed by atoms with Crippen molar-refractivity contribution in [3.63, 3.8) is 0 Å². The van der Waals surface area contributed by atoms with E-state index in [4.69, 9.17) is 4.74 Å². The van der Waals surface area contributed by atoms with E-state index in [9.17, 15) is 9.90 Å². The second-order valence-electron chi connectivity index (χ2n) is 4.50. The molecule has 1 rings (SSSR count). The summed E-state index contributed by atoms with van der Waals surface area (Å²) < 4.78 is 5.30. The predicted octanol–water partition coefficient (Wildman–Crippen LogP) is 0.552. The highest BCUT2D eigenvalue weighted by atomic mass is 16.5. The van der Waals surface area contributed by atoms with E-state index in [0.29, 0.717) is 19.6 Å². The third kappa shape index (κ3) is 3.94. The number of nitrogens with one attached hydrogen (secondary N) is 1. The minimum absolute atomic E-state index is 0.278. The Labute approximate surface area is 103 Å². The lowest BCUT2D eigenvalue weighted by atomic mass is 9.92. The molecule has 0 radical (unpaired) electrons. The summed E-state index contributed by atoms with van der Waals surface area (Å²) in [6, 6.07) is 0. The van der Waals surface area contributed by atoms with Gasteiger partial charge >= 0.3 is 5.97 Å². The van der Waals surface area contributed by atoms with Crippen molar-refractivity contribution in [3.05, 3.63) is 0 Å². The van der Waals surface area contributed by atoms with Crippen LogP contribution in [0.25, 0.3) is 0 Å². The first-order valence-corrected chi connectivity index (χ1v) is 6.43. The quantitative estimate of drug-likeness (QED) is 0.685. The minimum Gasteiger partial charge on any atom is -0.480 e. The smallest absolute Gasteiger partial charge is 0.326 e. The molecule has 1 unspecified atom stereocenters. The Morgan fingerprint density at radius 3 is 2.65 bits per heavy atom. The van der Waals surface area contributed by atoms with Gasteiger partial charge in [0.2, 0.25) is 0 Å². The zero-order valence-electron chi connectivity index (χ0n) is 10.9. The Kier molecular flexibility index (Phi) is 5.88. The van der Waals surface area contributed by atoms with Crippen LogP contribution in [0.4, 0.5) is 0 Å². The molecule has 17 heavy (non-hydrogen) atoms. The van der Waals surface area contributed by atoms with Gasteiger partial charge in [-0.05, 0) is 25.9 Å². The van der Waals surface area contributed by atoms with Gasteiger partial charge in [-0.3, -0.25) is 10.1 Å². The van der Waals surface area contributed by atoms with Crippen molar-refractivity contribution in [2.45, 2.75) is 32.2 Å². The first-order valence-electron chi connectivity index (χ1n) is 6.43. The van der Waals surface area contributed by atoms with Crippen LogP contribution < -0.4 is 5.32 Å². The van der Waals surface area contributed by atoms with Gasteiger partial charge in [-0.15, -0.1) is 0 Å². The second kappa shape index (κ2) is 6.93. The Morgan fingerprint density at radius 2 is 2.18 bits per heavy atom. The number of hydrogen-bond donors (Lipinski definition) is 2. The van der Waals surface area contributed by atoms with Gasteiger partial charge in [0.15, 0.2) is 0 Å². The van der Waals surface area contributed by atoms with Crippen LogP contribution in [0.1, 0.15) is 26.7 Å². The van der Waals surface area contributed by atoms with E-state index in [-0.39, 0.29) is 6.61 Å². The fourth-order valence-electron chi connectivity index (χ4n) is 2.17. The number of carbonyl (C=O) groups is 1. The number of likely N-dealkylation sites (N-methyl/N-ethyl adjacent to an activating group) is 1. The van der Waals surface area contributed by atoms with E-state index in [1.165, 1.54) is 0 Å². The van der Waals surface area contributed by atoms with Gasteiger partial charge in [0, 0.05) is 19.7 Å². The number of nitrogens with zero attached hydrogens (tertiary/aromatic N) is 1. The number of ether oxygens (including phenoxy) is 1. The summed E-state index contributed by atoms with van der Waals surface area (Å²) in [5.41, 5.74) is -0.870. The molecule has 1 aliphatic rings. The maximum atomic E-state index is 11.3. The maximum Gasteiger partial charge on any atom is 0.326 e. The molecule has 0 bridgehead atoms. The highest BCUT2D eigenvalue weighted by molar-refractivity contribution is 5.79. The van der Waals surface area contributed by atoms with Gasteiger partial charge in [0.05, 0.1) is 6.61 Å². The predicted molar refractivity (Wildman–Crippen MR) is 66.2 cm³/mol. The van der Waals surface area contributed by atoms with E-state index in [2.05, 4.69) is 24.1 Å². The molecule has 0 aliphatic carbocycles. The molecule has 1 fully saturated rings. The second-order valence-corrected chi connectivity index (χ2v) is 4.50. The molecule has 0 saturated carbocycles. The molecule has 0 aromatic rings. The van der Waals surface area contributed by atoms with Crippen LogP contribution in [0.5, 0.6) is 0 Å². The molecule has 1 atom stereocenters.